The first-order chi connectivity index (χ1) is 9.94. The Morgan fingerprint density at radius 1 is 1.48 bits per heavy atom. The summed E-state index contributed by atoms with van der Waals surface area (Å²) in [4.78, 5) is 0.201. The summed E-state index contributed by atoms with van der Waals surface area (Å²) in [5, 5.41) is 0.377. The number of halogens is 1. The van der Waals surface area contributed by atoms with Crippen LogP contribution in [0.25, 0.3) is 0 Å². The van der Waals surface area contributed by atoms with Crippen LogP contribution in [0.2, 0.25) is 5.02 Å². The standard InChI is InChI=1S/C14H21ClN2O3S/c1-10-12(7-16)5-13(15)6-14(10)21(18,19)17-8-11-3-2-4-20-9-11/h5-6,11,17H,2-4,7-9,16H2,1H3. The Kier molecular flexibility index (Phi) is 5.62. The molecule has 3 N–H and O–H groups in total. The van der Waals surface area contributed by atoms with Gasteiger partial charge in [-0.3, -0.25) is 0 Å². The molecule has 1 heterocycles. The summed E-state index contributed by atoms with van der Waals surface area (Å²) in [5.41, 5.74) is 7.02. The van der Waals surface area contributed by atoms with E-state index in [2.05, 4.69) is 4.72 Å². The molecule has 1 aromatic carbocycles. The van der Waals surface area contributed by atoms with Crippen LogP contribution in [0.3, 0.4) is 0 Å². The van der Waals surface area contributed by atoms with Crippen LogP contribution >= 0.6 is 11.6 Å². The maximum atomic E-state index is 12.5. The molecular weight excluding hydrogens is 312 g/mol. The fourth-order valence-electron chi connectivity index (χ4n) is 2.47. The maximum Gasteiger partial charge on any atom is 0.240 e. The van der Waals surface area contributed by atoms with Gasteiger partial charge in [-0.2, -0.15) is 0 Å². The smallest absolute Gasteiger partial charge is 0.240 e. The normalized spacial score (nSPS) is 19.7. The van der Waals surface area contributed by atoms with Crippen LogP contribution in [0.5, 0.6) is 0 Å². The quantitative estimate of drug-likeness (QED) is 0.861. The summed E-state index contributed by atoms with van der Waals surface area (Å²) < 4.78 is 32.9. The van der Waals surface area contributed by atoms with Gasteiger partial charge >= 0.3 is 0 Å². The van der Waals surface area contributed by atoms with Crippen LogP contribution in [-0.2, 0) is 21.3 Å². The van der Waals surface area contributed by atoms with Gasteiger partial charge in [0.05, 0.1) is 11.5 Å². The molecule has 21 heavy (non-hydrogen) atoms. The van der Waals surface area contributed by atoms with E-state index in [4.69, 9.17) is 22.1 Å². The fourth-order valence-corrected chi connectivity index (χ4v) is 4.21. The third kappa shape index (κ3) is 4.17. The monoisotopic (exact) mass is 332 g/mol. The first-order valence-electron chi connectivity index (χ1n) is 7.00. The van der Waals surface area contributed by atoms with E-state index in [1.54, 1.807) is 13.0 Å². The van der Waals surface area contributed by atoms with Crippen molar-refractivity contribution in [1.82, 2.24) is 4.72 Å². The Bertz CT molecular complexity index is 598. The third-order valence-electron chi connectivity index (χ3n) is 3.76. The molecule has 1 unspecified atom stereocenters. The molecule has 0 aliphatic carbocycles. The predicted octanol–water partition coefficient (Wildman–Crippen LogP) is 1.81. The van der Waals surface area contributed by atoms with E-state index in [0.717, 1.165) is 25.0 Å². The molecule has 0 aromatic heterocycles. The number of rotatable bonds is 5. The van der Waals surface area contributed by atoms with Crippen LogP contribution in [0.4, 0.5) is 0 Å². The van der Waals surface area contributed by atoms with Gasteiger partial charge in [0.2, 0.25) is 10.0 Å². The molecular formula is C14H21ClN2O3S. The van der Waals surface area contributed by atoms with Gasteiger partial charge in [0.1, 0.15) is 0 Å². The SMILES string of the molecule is Cc1c(CN)cc(Cl)cc1S(=O)(=O)NCC1CCCOC1. The van der Waals surface area contributed by atoms with Gasteiger partial charge in [-0.25, -0.2) is 13.1 Å². The van der Waals surface area contributed by atoms with Gasteiger partial charge in [-0.1, -0.05) is 11.6 Å². The molecule has 0 amide bonds. The minimum Gasteiger partial charge on any atom is -0.381 e. The lowest BCUT2D eigenvalue weighted by Gasteiger charge is -2.22. The topological polar surface area (TPSA) is 81.4 Å². The summed E-state index contributed by atoms with van der Waals surface area (Å²) in [6.07, 6.45) is 1.95. The zero-order chi connectivity index (χ0) is 15.5. The van der Waals surface area contributed by atoms with Crippen LogP contribution in [0.15, 0.2) is 17.0 Å². The molecule has 1 aromatic rings. The van der Waals surface area contributed by atoms with Gasteiger partial charge in [0, 0.05) is 24.7 Å². The lowest BCUT2D eigenvalue weighted by atomic mass is 10.0. The van der Waals surface area contributed by atoms with Crippen molar-refractivity contribution >= 4 is 21.6 Å². The summed E-state index contributed by atoms with van der Waals surface area (Å²) >= 11 is 5.99. The summed E-state index contributed by atoms with van der Waals surface area (Å²) in [5.74, 6) is 0.224. The molecule has 1 atom stereocenters. The van der Waals surface area contributed by atoms with Gasteiger partial charge in [0.25, 0.3) is 0 Å². The van der Waals surface area contributed by atoms with E-state index in [9.17, 15) is 8.42 Å². The lowest BCUT2D eigenvalue weighted by molar-refractivity contribution is 0.0568. The second kappa shape index (κ2) is 7.07. The Balaban J connectivity index is 2.17. The average molecular weight is 333 g/mol. The van der Waals surface area contributed by atoms with Gasteiger partial charge in [-0.15, -0.1) is 0 Å². The van der Waals surface area contributed by atoms with Crippen LogP contribution in [0.1, 0.15) is 24.0 Å². The first kappa shape index (κ1) is 16.7. The molecule has 0 radical (unpaired) electrons. The molecule has 0 spiro atoms. The molecule has 0 saturated carbocycles. The molecule has 5 nitrogen and oxygen atoms in total. The van der Waals surface area contributed by atoms with Gasteiger partial charge < -0.3 is 10.5 Å². The molecule has 7 heteroatoms. The maximum absolute atomic E-state index is 12.5. The minimum atomic E-state index is -3.59. The highest BCUT2D eigenvalue weighted by Gasteiger charge is 2.22. The molecule has 1 aliphatic heterocycles. The molecule has 0 bridgehead atoms. The zero-order valence-electron chi connectivity index (χ0n) is 12.1. The van der Waals surface area contributed by atoms with Crippen molar-refractivity contribution in [2.24, 2.45) is 11.7 Å². The highest BCUT2D eigenvalue weighted by molar-refractivity contribution is 7.89. The van der Waals surface area contributed by atoms with E-state index in [0.29, 0.717) is 23.7 Å². The predicted molar refractivity (Wildman–Crippen MR) is 82.8 cm³/mol. The number of hydrogen-bond acceptors (Lipinski definition) is 4. The van der Waals surface area contributed by atoms with E-state index >= 15 is 0 Å². The van der Waals surface area contributed by atoms with E-state index in [-0.39, 0.29) is 17.4 Å². The fraction of sp³-hybridized carbons (Fsp3) is 0.571. The first-order valence-corrected chi connectivity index (χ1v) is 8.86. The molecule has 1 aliphatic rings. The minimum absolute atomic E-state index is 0.201. The molecule has 1 saturated heterocycles. The zero-order valence-corrected chi connectivity index (χ0v) is 13.6. The van der Waals surface area contributed by atoms with Crippen LogP contribution in [-0.4, -0.2) is 28.2 Å². The van der Waals surface area contributed by atoms with Crippen molar-refractivity contribution in [2.45, 2.75) is 31.2 Å². The van der Waals surface area contributed by atoms with Gasteiger partial charge in [0.15, 0.2) is 0 Å². The van der Waals surface area contributed by atoms with Crippen molar-refractivity contribution in [3.8, 4) is 0 Å². The number of nitrogens with one attached hydrogen (secondary N) is 1. The average Bonchev–Trinajstić information content (AvgIpc) is 2.48. The van der Waals surface area contributed by atoms with E-state index in [1.807, 2.05) is 0 Å². The number of ether oxygens (including phenoxy) is 1. The molecule has 2 rings (SSSR count). The number of benzene rings is 1. The Morgan fingerprint density at radius 3 is 2.86 bits per heavy atom. The van der Waals surface area contributed by atoms with Crippen molar-refractivity contribution in [3.05, 3.63) is 28.3 Å². The number of sulfonamides is 1. The van der Waals surface area contributed by atoms with E-state index in [1.165, 1.54) is 6.07 Å². The number of nitrogens with two attached hydrogens (primary N) is 1. The Labute approximate surface area is 130 Å². The lowest BCUT2D eigenvalue weighted by Crippen LogP contribution is -2.33. The molecule has 118 valence electrons. The summed E-state index contributed by atoms with van der Waals surface area (Å²) in [6, 6.07) is 3.17. The van der Waals surface area contributed by atoms with Crippen LogP contribution < -0.4 is 10.5 Å². The highest BCUT2D eigenvalue weighted by atomic mass is 35.5. The van der Waals surface area contributed by atoms with Crippen molar-refractivity contribution in [2.75, 3.05) is 19.8 Å². The largest absolute Gasteiger partial charge is 0.381 e. The highest BCUT2D eigenvalue weighted by Crippen LogP contribution is 2.24. The third-order valence-corrected chi connectivity index (χ3v) is 5.53. The summed E-state index contributed by atoms with van der Waals surface area (Å²) in [6.45, 7) is 3.75. The Morgan fingerprint density at radius 2 is 2.24 bits per heavy atom. The second-order valence-electron chi connectivity index (χ2n) is 5.33. The van der Waals surface area contributed by atoms with E-state index < -0.39 is 10.0 Å². The van der Waals surface area contributed by atoms with Crippen molar-refractivity contribution < 1.29 is 13.2 Å². The van der Waals surface area contributed by atoms with Crippen molar-refractivity contribution in [1.29, 1.82) is 0 Å². The Hall–Kier alpha value is -0.660. The number of hydrogen-bond donors (Lipinski definition) is 2. The van der Waals surface area contributed by atoms with Crippen LogP contribution in [0, 0.1) is 12.8 Å². The summed E-state index contributed by atoms with van der Waals surface area (Å²) in [7, 11) is -3.59. The van der Waals surface area contributed by atoms with Gasteiger partial charge in [-0.05, 0) is 48.9 Å². The van der Waals surface area contributed by atoms with Crippen molar-refractivity contribution in [3.63, 3.8) is 0 Å². The second-order valence-corrected chi connectivity index (χ2v) is 7.50. The molecule has 1 fully saturated rings.